The van der Waals surface area contributed by atoms with E-state index in [0.29, 0.717) is 33.1 Å². The van der Waals surface area contributed by atoms with E-state index < -0.39 is 0 Å². The highest BCUT2D eigenvalue weighted by molar-refractivity contribution is 14.1. The number of thioether (sulfide) groups is 1. The van der Waals surface area contributed by atoms with Gasteiger partial charge in [-0.2, -0.15) is 0 Å². The molecule has 1 fully saturated rings. The third kappa shape index (κ3) is 6.82. The Kier molecular flexibility index (Phi) is 9.33. The summed E-state index contributed by atoms with van der Waals surface area (Å²) < 4.78 is 12.8. The normalized spacial score (nSPS) is 16.2. The third-order valence-electron chi connectivity index (χ3n) is 5.41. The molecule has 1 heterocycles. The van der Waals surface area contributed by atoms with Gasteiger partial charge in [0.2, 0.25) is 0 Å². The van der Waals surface area contributed by atoms with Gasteiger partial charge in [-0.3, -0.25) is 4.79 Å². The molecule has 0 unspecified atom stereocenters. The van der Waals surface area contributed by atoms with Crippen molar-refractivity contribution in [2.75, 3.05) is 11.9 Å². The molecule has 1 saturated heterocycles. The van der Waals surface area contributed by atoms with Gasteiger partial charge in [0.05, 0.1) is 15.1 Å². The van der Waals surface area contributed by atoms with E-state index in [2.05, 4.69) is 52.3 Å². The van der Waals surface area contributed by atoms with Gasteiger partial charge in [-0.05, 0) is 89.5 Å². The average molecular weight is 655 g/mol. The average Bonchev–Trinajstić information content (AvgIpc) is 3.18. The molecule has 0 aliphatic carbocycles. The van der Waals surface area contributed by atoms with Crippen molar-refractivity contribution in [1.82, 2.24) is 5.32 Å². The van der Waals surface area contributed by atoms with Crippen LogP contribution in [0.1, 0.15) is 30.5 Å². The lowest BCUT2D eigenvalue weighted by molar-refractivity contribution is -0.116. The van der Waals surface area contributed by atoms with E-state index >= 15 is 0 Å². The molecule has 0 spiro atoms. The van der Waals surface area contributed by atoms with E-state index in [1.54, 1.807) is 12.1 Å². The van der Waals surface area contributed by atoms with Gasteiger partial charge in [0.15, 0.2) is 17.0 Å². The Labute approximate surface area is 239 Å². The van der Waals surface area contributed by atoms with Crippen LogP contribution in [0.3, 0.4) is 0 Å². The highest BCUT2D eigenvalue weighted by Crippen LogP contribution is 2.37. The Bertz CT molecular complexity index is 1280. The van der Waals surface area contributed by atoms with Crippen LogP contribution in [0.2, 0.25) is 10.0 Å². The van der Waals surface area contributed by atoms with Crippen molar-refractivity contribution < 1.29 is 14.3 Å². The molecule has 0 bridgehead atoms. The van der Waals surface area contributed by atoms with Crippen molar-refractivity contribution in [3.05, 3.63) is 89.8 Å². The summed E-state index contributed by atoms with van der Waals surface area (Å²) in [7, 11) is 0. The molecule has 5 nitrogen and oxygen atoms in total. The molecular weight excluding hydrogens is 630 g/mol. The fourth-order valence-electron chi connectivity index (χ4n) is 3.57. The summed E-state index contributed by atoms with van der Waals surface area (Å²) in [6.07, 6.45) is 2.86. The first-order valence-electron chi connectivity index (χ1n) is 11.4. The van der Waals surface area contributed by atoms with Crippen molar-refractivity contribution in [2.45, 2.75) is 32.4 Å². The Morgan fingerprint density at radius 2 is 1.86 bits per heavy atom. The van der Waals surface area contributed by atoms with Crippen molar-refractivity contribution in [1.29, 1.82) is 0 Å². The van der Waals surface area contributed by atoms with Gasteiger partial charge in [-0.1, -0.05) is 60.1 Å². The van der Waals surface area contributed by atoms with Gasteiger partial charge in [0, 0.05) is 21.3 Å². The number of ether oxygens (including phenoxy) is 2. The quantitative estimate of drug-likeness (QED) is 0.183. The zero-order valence-corrected chi connectivity index (χ0v) is 24.2. The predicted molar refractivity (Wildman–Crippen MR) is 158 cm³/mol. The van der Waals surface area contributed by atoms with Crippen LogP contribution in [0.5, 0.6) is 11.5 Å². The van der Waals surface area contributed by atoms with E-state index in [4.69, 9.17) is 32.7 Å². The fourth-order valence-corrected chi connectivity index (χ4v) is 5.80. The number of carbonyl (C=O) groups is 1. The summed E-state index contributed by atoms with van der Waals surface area (Å²) in [6.45, 7) is 4.80. The zero-order chi connectivity index (χ0) is 25.7. The highest BCUT2D eigenvalue weighted by Gasteiger charge is 2.27. The van der Waals surface area contributed by atoms with Gasteiger partial charge in [0.25, 0.3) is 5.91 Å². The molecule has 0 radical (unpaired) electrons. The van der Waals surface area contributed by atoms with E-state index in [0.717, 1.165) is 26.8 Å². The largest absolute Gasteiger partial charge is 0.490 e. The van der Waals surface area contributed by atoms with Crippen LogP contribution in [0.4, 0.5) is 5.69 Å². The Morgan fingerprint density at radius 3 is 2.56 bits per heavy atom. The minimum atomic E-state index is -0.242. The molecule has 0 saturated carbocycles. The Balaban J connectivity index is 1.50. The van der Waals surface area contributed by atoms with Crippen LogP contribution in [-0.4, -0.2) is 18.0 Å². The molecule has 9 heteroatoms. The maximum atomic E-state index is 12.6. The second-order valence-corrected chi connectivity index (χ2v) is 11.1. The Hall–Kier alpha value is -2.07. The third-order valence-corrected chi connectivity index (χ3v) is 7.82. The molecule has 1 aliphatic heterocycles. The zero-order valence-electron chi connectivity index (χ0n) is 19.7. The van der Waals surface area contributed by atoms with Crippen LogP contribution in [0.15, 0.2) is 59.5 Å². The van der Waals surface area contributed by atoms with E-state index in [-0.39, 0.29) is 18.0 Å². The smallest absolute Gasteiger partial charge is 0.260 e. The number of benzene rings is 3. The lowest BCUT2D eigenvalue weighted by Gasteiger charge is -2.15. The van der Waals surface area contributed by atoms with Crippen LogP contribution in [0.25, 0.3) is 6.08 Å². The number of anilines is 1. The molecule has 36 heavy (non-hydrogen) atoms. The fraction of sp³-hybridized carbons (Fsp3) is 0.222. The van der Waals surface area contributed by atoms with Crippen molar-refractivity contribution >= 4 is 75.2 Å². The van der Waals surface area contributed by atoms with Gasteiger partial charge < -0.3 is 20.1 Å². The summed E-state index contributed by atoms with van der Waals surface area (Å²) in [5.74, 6) is 1.12. The summed E-state index contributed by atoms with van der Waals surface area (Å²) in [4.78, 5) is 13.3. The second-order valence-electron chi connectivity index (χ2n) is 7.96. The number of carbonyl (C=O) groups excluding carboxylic acids is 1. The summed E-state index contributed by atoms with van der Waals surface area (Å²) in [5, 5.41) is 7.46. The minimum absolute atomic E-state index is 0.117. The molecule has 1 amide bonds. The number of amides is 1. The number of rotatable bonds is 9. The van der Waals surface area contributed by atoms with Gasteiger partial charge in [-0.25, -0.2) is 0 Å². The molecule has 1 aliphatic rings. The summed E-state index contributed by atoms with van der Waals surface area (Å²) in [6, 6.07) is 17.4. The van der Waals surface area contributed by atoms with E-state index in [1.165, 1.54) is 17.3 Å². The van der Waals surface area contributed by atoms with Crippen LogP contribution < -0.4 is 20.1 Å². The SMILES string of the molecule is CCOc1cc(/C=C2\S[C@@H](Nc3ccc(CC)cc3)NC2=O)cc(I)c1OCc1ccc(Cl)cc1Cl. The van der Waals surface area contributed by atoms with E-state index in [9.17, 15) is 4.79 Å². The number of aryl methyl sites for hydroxylation is 1. The molecule has 2 N–H and O–H groups in total. The van der Waals surface area contributed by atoms with Crippen LogP contribution >= 0.6 is 57.6 Å². The highest BCUT2D eigenvalue weighted by atomic mass is 127. The standard InChI is InChI=1S/C27H25Cl2IN2O3S/c1-3-16-5-9-20(10-6-16)31-27-32-26(33)24(36-27)13-17-11-22(30)25(23(12-17)34-4-2)35-15-18-7-8-19(28)14-21(18)29/h5-14,27,31H,3-4,15H2,1-2H3,(H,32,33)/b24-13-/t27-/m0/s1. The molecule has 3 aromatic rings. The van der Waals surface area contributed by atoms with Crippen molar-refractivity contribution in [3.8, 4) is 11.5 Å². The second kappa shape index (κ2) is 12.4. The predicted octanol–water partition coefficient (Wildman–Crippen LogP) is 7.74. The molecule has 188 valence electrons. The monoisotopic (exact) mass is 654 g/mol. The first kappa shape index (κ1) is 27.0. The van der Waals surface area contributed by atoms with Crippen LogP contribution in [-0.2, 0) is 17.8 Å². The number of hydrogen-bond acceptors (Lipinski definition) is 5. The number of hydrogen-bond donors (Lipinski definition) is 2. The summed E-state index contributed by atoms with van der Waals surface area (Å²) in [5.41, 5.74) is 3.67. The molecule has 4 rings (SSSR count). The topological polar surface area (TPSA) is 59.6 Å². The molecule has 0 aromatic heterocycles. The van der Waals surface area contributed by atoms with Crippen molar-refractivity contribution in [3.63, 3.8) is 0 Å². The minimum Gasteiger partial charge on any atom is -0.490 e. The first-order valence-corrected chi connectivity index (χ1v) is 14.2. The maximum absolute atomic E-state index is 12.6. The van der Waals surface area contributed by atoms with Crippen LogP contribution in [0, 0.1) is 3.57 Å². The number of halogens is 3. The molecular formula is C27H25Cl2IN2O3S. The maximum Gasteiger partial charge on any atom is 0.260 e. The Morgan fingerprint density at radius 1 is 1.08 bits per heavy atom. The van der Waals surface area contributed by atoms with E-state index in [1.807, 2.05) is 43.3 Å². The number of nitrogens with one attached hydrogen (secondary N) is 2. The molecule has 1 atom stereocenters. The van der Waals surface area contributed by atoms with Gasteiger partial charge in [-0.15, -0.1) is 0 Å². The first-order chi connectivity index (χ1) is 17.4. The lowest BCUT2D eigenvalue weighted by atomic mass is 10.1. The summed E-state index contributed by atoms with van der Waals surface area (Å²) >= 11 is 16.0. The van der Waals surface area contributed by atoms with Gasteiger partial charge in [0.1, 0.15) is 6.61 Å². The molecule has 3 aromatic carbocycles. The van der Waals surface area contributed by atoms with Gasteiger partial charge >= 0.3 is 0 Å². The van der Waals surface area contributed by atoms with Crippen molar-refractivity contribution in [2.24, 2.45) is 0 Å². The lowest BCUT2D eigenvalue weighted by Crippen LogP contribution is -2.30.